The first-order valence-corrected chi connectivity index (χ1v) is 4.35. The Morgan fingerprint density at radius 1 is 1.36 bits per heavy atom. The number of carbonyl (C=O) groups is 1. The third-order valence-corrected chi connectivity index (χ3v) is 1.97. The van der Waals surface area contributed by atoms with Crippen LogP contribution in [-0.2, 0) is 4.79 Å². The van der Waals surface area contributed by atoms with Gasteiger partial charge in [-0.3, -0.25) is 0 Å². The molecule has 1 aromatic carbocycles. The molecule has 0 radical (unpaired) electrons. The SMILES string of the molecule is O=C(O)/C=C/c1cc(Cl)cc(Cl)c1O. The Morgan fingerprint density at radius 3 is 2.57 bits per heavy atom. The molecule has 0 spiro atoms. The first-order chi connectivity index (χ1) is 6.50. The second kappa shape index (κ2) is 4.35. The Bertz CT molecular complexity index is 399. The van der Waals surface area contributed by atoms with Gasteiger partial charge in [0.2, 0.25) is 0 Å². The molecule has 0 aliphatic carbocycles. The predicted octanol–water partition coefficient (Wildman–Crippen LogP) is 2.80. The zero-order chi connectivity index (χ0) is 10.7. The third-order valence-electron chi connectivity index (χ3n) is 1.46. The van der Waals surface area contributed by atoms with E-state index >= 15 is 0 Å². The maximum atomic E-state index is 10.2. The van der Waals surface area contributed by atoms with E-state index in [0.717, 1.165) is 6.08 Å². The minimum atomic E-state index is -1.11. The summed E-state index contributed by atoms with van der Waals surface area (Å²) in [6, 6.07) is 2.79. The second-order valence-corrected chi connectivity index (χ2v) is 3.34. The van der Waals surface area contributed by atoms with Gasteiger partial charge in [0.1, 0.15) is 5.75 Å². The number of rotatable bonds is 2. The van der Waals surface area contributed by atoms with Crippen molar-refractivity contribution >= 4 is 35.2 Å². The average molecular weight is 233 g/mol. The van der Waals surface area contributed by atoms with Gasteiger partial charge in [-0.2, -0.15) is 0 Å². The van der Waals surface area contributed by atoms with E-state index in [-0.39, 0.29) is 16.3 Å². The van der Waals surface area contributed by atoms with Crippen LogP contribution in [0.2, 0.25) is 10.0 Å². The maximum absolute atomic E-state index is 10.2. The Balaban J connectivity index is 3.14. The zero-order valence-corrected chi connectivity index (χ0v) is 8.38. The van der Waals surface area contributed by atoms with Gasteiger partial charge in [0, 0.05) is 16.7 Å². The molecule has 0 saturated heterocycles. The van der Waals surface area contributed by atoms with Crippen LogP contribution in [0.25, 0.3) is 6.08 Å². The van der Waals surface area contributed by atoms with Gasteiger partial charge in [0.05, 0.1) is 5.02 Å². The van der Waals surface area contributed by atoms with Crippen LogP contribution < -0.4 is 0 Å². The molecular weight excluding hydrogens is 227 g/mol. The Hall–Kier alpha value is -1.19. The summed E-state index contributed by atoms with van der Waals surface area (Å²) in [6.45, 7) is 0. The monoisotopic (exact) mass is 232 g/mol. The minimum absolute atomic E-state index is 0.0857. The molecule has 0 aromatic heterocycles. The second-order valence-electron chi connectivity index (χ2n) is 2.50. The largest absolute Gasteiger partial charge is 0.506 e. The molecule has 3 nitrogen and oxygen atoms in total. The van der Waals surface area contributed by atoms with Crippen LogP contribution in [-0.4, -0.2) is 16.2 Å². The van der Waals surface area contributed by atoms with Gasteiger partial charge >= 0.3 is 5.97 Å². The summed E-state index contributed by atoms with van der Waals surface area (Å²) in [5.74, 6) is -1.30. The Kier molecular flexibility index (Phi) is 3.38. The van der Waals surface area contributed by atoms with Crippen molar-refractivity contribution in [2.24, 2.45) is 0 Å². The summed E-state index contributed by atoms with van der Waals surface area (Å²) < 4.78 is 0. The Morgan fingerprint density at radius 2 is 2.00 bits per heavy atom. The van der Waals surface area contributed by atoms with E-state index in [1.807, 2.05) is 0 Å². The smallest absolute Gasteiger partial charge is 0.328 e. The standard InChI is InChI=1S/C9H6Cl2O3/c10-6-3-5(1-2-8(12)13)9(14)7(11)4-6/h1-4,14H,(H,12,13)/b2-1+. The van der Waals surface area contributed by atoms with Crippen molar-refractivity contribution in [3.8, 4) is 5.75 Å². The maximum Gasteiger partial charge on any atom is 0.328 e. The van der Waals surface area contributed by atoms with Crippen molar-refractivity contribution in [3.05, 3.63) is 33.8 Å². The van der Waals surface area contributed by atoms with Gasteiger partial charge in [-0.15, -0.1) is 0 Å². The minimum Gasteiger partial charge on any atom is -0.506 e. The summed E-state index contributed by atoms with van der Waals surface area (Å²) in [6.07, 6.45) is 2.11. The van der Waals surface area contributed by atoms with E-state index < -0.39 is 5.97 Å². The van der Waals surface area contributed by atoms with E-state index in [2.05, 4.69) is 0 Å². The summed E-state index contributed by atoms with van der Waals surface area (Å²) in [7, 11) is 0. The molecule has 0 fully saturated rings. The van der Waals surface area contributed by atoms with E-state index in [1.54, 1.807) is 0 Å². The van der Waals surface area contributed by atoms with Crippen LogP contribution in [0.1, 0.15) is 5.56 Å². The molecule has 14 heavy (non-hydrogen) atoms. The van der Waals surface area contributed by atoms with Crippen LogP contribution in [0.15, 0.2) is 18.2 Å². The molecule has 0 aliphatic rings. The number of hydrogen-bond acceptors (Lipinski definition) is 2. The molecule has 1 rings (SSSR count). The molecule has 0 aliphatic heterocycles. The van der Waals surface area contributed by atoms with Gasteiger partial charge in [0.25, 0.3) is 0 Å². The van der Waals surface area contributed by atoms with E-state index in [9.17, 15) is 9.90 Å². The fourth-order valence-electron chi connectivity index (χ4n) is 0.874. The number of carboxylic acid groups (broad SMARTS) is 1. The Labute approximate surface area is 90.2 Å². The highest BCUT2D eigenvalue weighted by atomic mass is 35.5. The highest BCUT2D eigenvalue weighted by Gasteiger charge is 2.05. The lowest BCUT2D eigenvalue weighted by Crippen LogP contribution is -1.86. The number of benzene rings is 1. The topological polar surface area (TPSA) is 57.5 Å². The van der Waals surface area contributed by atoms with Crippen molar-refractivity contribution in [2.45, 2.75) is 0 Å². The van der Waals surface area contributed by atoms with Crippen LogP contribution >= 0.6 is 23.2 Å². The van der Waals surface area contributed by atoms with Crippen molar-refractivity contribution in [2.75, 3.05) is 0 Å². The lowest BCUT2D eigenvalue weighted by molar-refractivity contribution is -0.131. The summed E-state index contributed by atoms with van der Waals surface area (Å²) in [5, 5.41) is 18.2. The predicted molar refractivity (Wildman–Crippen MR) is 54.8 cm³/mol. The molecule has 0 heterocycles. The number of halogens is 2. The lowest BCUT2D eigenvalue weighted by atomic mass is 10.2. The van der Waals surface area contributed by atoms with E-state index in [1.165, 1.54) is 18.2 Å². The highest BCUT2D eigenvalue weighted by Crippen LogP contribution is 2.31. The number of aromatic hydroxyl groups is 1. The van der Waals surface area contributed by atoms with Gasteiger partial charge in [-0.25, -0.2) is 4.79 Å². The number of aliphatic carboxylic acids is 1. The first kappa shape index (κ1) is 10.9. The first-order valence-electron chi connectivity index (χ1n) is 3.59. The summed E-state index contributed by atoms with van der Waals surface area (Å²) in [4.78, 5) is 10.2. The van der Waals surface area contributed by atoms with Crippen molar-refractivity contribution in [1.82, 2.24) is 0 Å². The van der Waals surface area contributed by atoms with Crippen LogP contribution in [0.3, 0.4) is 0 Å². The molecule has 0 atom stereocenters. The third kappa shape index (κ3) is 2.65. The number of carboxylic acids is 1. The van der Waals surface area contributed by atoms with E-state index in [0.29, 0.717) is 5.02 Å². The van der Waals surface area contributed by atoms with Crippen LogP contribution in [0, 0.1) is 0 Å². The van der Waals surface area contributed by atoms with Crippen molar-refractivity contribution in [1.29, 1.82) is 0 Å². The van der Waals surface area contributed by atoms with Crippen molar-refractivity contribution in [3.63, 3.8) is 0 Å². The molecule has 5 heteroatoms. The molecule has 0 bridgehead atoms. The molecule has 0 amide bonds. The van der Waals surface area contributed by atoms with Gasteiger partial charge in [-0.05, 0) is 18.2 Å². The molecule has 74 valence electrons. The lowest BCUT2D eigenvalue weighted by Gasteiger charge is -2.01. The van der Waals surface area contributed by atoms with Crippen LogP contribution in [0.4, 0.5) is 0 Å². The highest BCUT2D eigenvalue weighted by molar-refractivity contribution is 6.35. The molecule has 0 saturated carbocycles. The molecule has 1 aromatic rings. The van der Waals surface area contributed by atoms with Gasteiger partial charge in [-0.1, -0.05) is 23.2 Å². The number of hydrogen-bond donors (Lipinski definition) is 2. The number of phenolic OH excluding ortho intramolecular Hbond substituents is 1. The van der Waals surface area contributed by atoms with Crippen LogP contribution in [0.5, 0.6) is 5.75 Å². The average Bonchev–Trinajstić information content (AvgIpc) is 2.08. The fraction of sp³-hybridized carbons (Fsp3) is 0. The molecule has 2 N–H and O–H groups in total. The summed E-state index contributed by atoms with van der Waals surface area (Å²) in [5.41, 5.74) is 0.268. The number of phenols is 1. The van der Waals surface area contributed by atoms with E-state index in [4.69, 9.17) is 28.3 Å². The molecule has 0 unspecified atom stereocenters. The quantitative estimate of drug-likeness (QED) is 0.772. The van der Waals surface area contributed by atoms with Gasteiger partial charge in [0.15, 0.2) is 0 Å². The van der Waals surface area contributed by atoms with Crippen molar-refractivity contribution < 1.29 is 15.0 Å². The summed E-state index contributed by atoms with van der Waals surface area (Å²) >= 11 is 11.3. The van der Waals surface area contributed by atoms with Gasteiger partial charge < -0.3 is 10.2 Å². The fourth-order valence-corrected chi connectivity index (χ4v) is 1.38. The molecular formula is C9H6Cl2O3. The normalized spacial score (nSPS) is 10.7. The zero-order valence-electron chi connectivity index (χ0n) is 6.87.